The molecular formula is C57H64N10O6. The highest BCUT2D eigenvalue weighted by Gasteiger charge is 2.25. The second kappa shape index (κ2) is 25.4. The van der Waals surface area contributed by atoms with Gasteiger partial charge in [0.25, 0.3) is 0 Å². The molecule has 2 saturated heterocycles. The van der Waals surface area contributed by atoms with Crippen molar-refractivity contribution in [3.05, 3.63) is 156 Å². The molecule has 8 aromatic rings. The van der Waals surface area contributed by atoms with Crippen molar-refractivity contribution in [2.75, 3.05) is 82.0 Å². The Morgan fingerprint density at radius 1 is 0.644 bits per heavy atom. The number of benzene rings is 4. The number of para-hydroxylation sites is 2. The Kier molecular flexibility index (Phi) is 17.9. The summed E-state index contributed by atoms with van der Waals surface area (Å²) in [5, 5.41) is 14.4. The van der Waals surface area contributed by atoms with E-state index in [0.29, 0.717) is 18.1 Å². The van der Waals surface area contributed by atoms with Crippen molar-refractivity contribution in [1.29, 1.82) is 0 Å². The molecule has 73 heavy (non-hydrogen) atoms. The van der Waals surface area contributed by atoms with Crippen LogP contribution in [0.1, 0.15) is 54.0 Å². The monoisotopic (exact) mass is 985 g/mol. The van der Waals surface area contributed by atoms with E-state index in [9.17, 15) is 14.4 Å². The maximum atomic E-state index is 12.1. The Balaban J connectivity index is 0.000000166. The molecule has 0 amide bonds. The van der Waals surface area contributed by atoms with Gasteiger partial charge in [0.1, 0.15) is 35.2 Å². The van der Waals surface area contributed by atoms with Crippen molar-refractivity contribution in [2.24, 2.45) is 0 Å². The second-order valence-corrected chi connectivity index (χ2v) is 17.9. The van der Waals surface area contributed by atoms with Crippen LogP contribution in [-0.4, -0.2) is 125 Å². The summed E-state index contributed by atoms with van der Waals surface area (Å²) in [4.78, 5) is 50.2. The third-order valence-electron chi connectivity index (χ3n) is 12.4. The number of aryl methyl sites for hydroxylation is 2. The first kappa shape index (κ1) is 51.4. The lowest BCUT2D eigenvalue weighted by Gasteiger charge is -2.27. The average molecular weight is 985 g/mol. The molecule has 0 saturated carbocycles. The van der Waals surface area contributed by atoms with E-state index in [1.165, 1.54) is 0 Å². The molecule has 2 aliphatic heterocycles. The Morgan fingerprint density at radius 3 is 1.84 bits per heavy atom. The number of ether oxygens (including phenoxy) is 3. The number of nitrogens with zero attached hydrogens (tertiary/aromatic N) is 9. The number of carbonyl (C=O) groups is 3. The zero-order chi connectivity index (χ0) is 50.9. The fraction of sp³-hybridized carbons (Fsp3) is 0.316. The van der Waals surface area contributed by atoms with Gasteiger partial charge in [0.2, 0.25) is 0 Å². The topological polar surface area (TPSA) is 162 Å². The van der Waals surface area contributed by atoms with Gasteiger partial charge in [-0.05, 0) is 119 Å². The van der Waals surface area contributed by atoms with Crippen molar-refractivity contribution < 1.29 is 28.6 Å². The minimum absolute atomic E-state index is 0.0222. The zero-order valence-corrected chi connectivity index (χ0v) is 42.2. The number of Topliss-reactive ketones (excluding diaryl/α,β-unsaturated/α-hetero) is 1. The Hall–Kier alpha value is -7.95. The van der Waals surface area contributed by atoms with Crippen LogP contribution in [0.5, 0.6) is 11.5 Å². The summed E-state index contributed by atoms with van der Waals surface area (Å²) in [6.07, 6.45) is 10.2. The molecule has 0 unspecified atom stereocenters. The molecule has 0 radical (unpaired) electrons. The van der Waals surface area contributed by atoms with Gasteiger partial charge < -0.3 is 29.3 Å². The summed E-state index contributed by atoms with van der Waals surface area (Å²) in [5.41, 5.74) is 9.34. The van der Waals surface area contributed by atoms with Crippen molar-refractivity contribution in [3.63, 3.8) is 0 Å². The van der Waals surface area contributed by atoms with Crippen LogP contribution in [0.4, 0.5) is 11.4 Å². The van der Waals surface area contributed by atoms with Crippen LogP contribution in [0, 0.1) is 13.8 Å². The van der Waals surface area contributed by atoms with Crippen molar-refractivity contribution in [1.82, 2.24) is 39.7 Å². The van der Waals surface area contributed by atoms with E-state index in [2.05, 4.69) is 72.6 Å². The molecule has 2 fully saturated rings. The van der Waals surface area contributed by atoms with Crippen molar-refractivity contribution in [3.8, 4) is 22.9 Å². The number of pyridine rings is 2. The SMILES string of the molecule is CC(=O)COc1c(C)cc2cccnc2c1N1CCCNCC1.CCOC(=O)COc1c(C)cc2cccnc2c1N1CCCN(Cc2ccn(-c3ccccc3)n2)CC1.O=Cc1ccn(-c2ccccc2)n1. The van der Waals surface area contributed by atoms with Gasteiger partial charge >= 0.3 is 5.97 Å². The molecule has 10 rings (SSSR count). The van der Waals surface area contributed by atoms with Gasteiger partial charge in [-0.25, -0.2) is 14.2 Å². The highest BCUT2D eigenvalue weighted by molar-refractivity contribution is 5.97. The lowest BCUT2D eigenvalue weighted by molar-refractivity contribution is -0.145. The van der Waals surface area contributed by atoms with E-state index < -0.39 is 0 Å². The van der Waals surface area contributed by atoms with Gasteiger partial charge in [0.15, 0.2) is 18.7 Å². The average Bonchev–Trinajstić information content (AvgIpc) is 3.94. The van der Waals surface area contributed by atoms with E-state index in [0.717, 1.165) is 145 Å². The van der Waals surface area contributed by atoms with Crippen LogP contribution in [0.3, 0.4) is 0 Å². The van der Waals surface area contributed by atoms with Gasteiger partial charge in [0, 0.05) is 87.9 Å². The summed E-state index contributed by atoms with van der Waals surface area (Å²) >= 11 is 0. The number of hydrogen-bond donors (Lipinski definition) is 1. The number of ketones is 1. The molecule has 0 aliphatic carbocycles. The minimum atomic E-state index is -0.369. The van der Waals surface area contributed by atoms with E-state index in [1.54, 1.807) is 30.8 Å². The first-order valence-corrected chi connectivity index (χ1v) is 25.0. The number of carbonyl (C=O) groups excluding carboxylic acids is 3. The van der Waals surface area contributed by atoms with Crippen molar-refractivity contribution in [2.45, 2.75) is 47.1 Å². The Labute approximate surface area is 426 Å². The highest BCUT2D eigenvalue weighted by atomic mass is 16.6. The fourth-order valence-corrected chi connectivity index (χ4v) is 9.06. The largest absolute Gasteiger partial charge is 0.483 e. The second-order valence-electron chi connectivity index (χ2n) is 17.9. The Morgan fingerprint density at radius 2 is 1.23 bits per heavy atom. The van der Waals surface area contributed by atoms with Gasteiger partial charge in [0.05, 0.1) is 34.7 Å². The number of esters is 1. The van der Waals surface area contributed by atoms with Crippen LogP contribution in [-0.2, 0) is 20.9 Å². The molecule has 16 nitrogen and oxygen atoms in total. The molecule has 0 atom stereocenters. The summed E-state index contributed by atoms with van der Waals surface area (Å²) in [6.45, 7) is 15.9. The molecule has 6 heterocycles. The summed E-state index contributed by atoms with van der Waals surface area (Å²) < 4.78 is 20.6. The van der Waals surface area contributed by atoms with Gasteiger partial charge in [-0.3, -0.25) is 24.5 Å². The predicted octanol–water partition coefficient (Wildman–Crippen LogP) is 8.38. The maximum Gasteiger partial charge on any atom is 0.344 e. The first-order chi connectivity index (χ1) is 35.7. The smallest absolute Gasteiger partial charge is 0.344 e. The van der Waals surface area contributed by atoms with Crippen LogP contribution >= 0.6 is 0 Å². The molecule has 378 valence electrons. The number of hydrogen-bond acceptors (Lipinski definition) is 14. The third kappa shape index (κ3) is 13.5. The van der Waals surface area contributed by atoms with Crippen LogP contribution < -0.4 is 24.6 Å². The zero-order valence-electron chi connectivity index (χ0n) is 42.2. The molecule has 2 aliphatic rings. The maximum absolute atomic E-state index is 12.1. The van der Waals surface area contributed by atoms with E-state index in [1.807, 2.05) is 97.8 Å². The van der Waals surface area contributed by atoms with Gasteiger partial charge in [-0.2, -0.15) is 10.2 Å². The van der Waals surface area contributed by atoms with Gasteiger partial charge in [-0.15, -0.1) is 0 Å². The van der Waals surface area contributed by atoms with E-state index in [4.69, 9.17) is 24.3 Å². The number of anilines is 2. The van der Waals surface area contributed by atoms with E-state index in [-0.39, 0.29) is 25.0 Å². The first-order valence-electron chi connectivity index (χ1n) is 25.0. The third-order valence-corrected chi connectivity index (χ3v) is 12.4. The number of rotatable bonds is 14. The molecule has 0 spiro atoms. The normalized spacial score (nSPS) is 14.0. The lowest BCUT2D eigenvalue weighted by Crippen LogP contribution is -2.31. The number of aldehydes is 1. The number of fused-ring (bicyclic) bond motifs is 2. The molecule has 1 N–H and O–H groups in total. The molecule has 4 aromatic heterocycles. The number of aromatic nitrogens is 6. The van der Waals surface area contributed by atoms with Crippen molar-refractivity contribution >= 4 is 51.2 Å². The predicted molar refractivity (Wildman–Crippen MR) is 286 cm³/mol. The molecule has 0 bridgehead atoms. The quantitative estimate of drug-likeness (QED) is 0.0817. The fourth-order valence-electron chi connectivity index (χ4n) is 9.06. The molecule has 16 heteroatoms. The summed E-state index contributed by atoms with van der Waals surface area (Å²) in [5.74, 6) is 1.14. The molecule has 4 aromatic carbocycles. The van der Waals surface area contributed by atoms with Crippen LogP contribution in [0.25, 0.3) is 33.2 Å². The number of nitrogens with one attached hydrogen (secondary N) is 1. The standard InChI is InChI=1S/C29H33N5O3.C18H23N3O2.C10H8N2O/c1-3-36-26(35)21-37-29-22(2)19-23-9-7-13-30-27(23)28(29)33-15-8-14-32(17-18-33)20-24-12-16-34(31-24)25-10-5-4-6-11-25;1-13-11-15-5-3-7-20-16(15)17(18(13)23-12-14(2)22)21-9-4-6-19-8-10-21;13-8-9-6-7-12(11-9)10-4-2-1-3-5-10/h4-7,9-13,16,19H,3,8,14-15,17-18,20-21H2,1-2H3;3,5,7,11,19H,4,6,8-10,12H2,1-2H3;1-8H. The lowest BCUT2D eigenvalue weighted by atomic mass is 10.1. The van der Waals surface area contributed by atoms with Crippen LogP contribution in [0.15, 0.2) is 134 Å². The molecular weight excluding hydrogens is 921 g/mol. The van der Waals surface area contributed by atoms with Gasteiger partial charge in [-0.1, -0.05) is 48.5 Å². The highest BCUT2D eigenvalue weighted by Crippen LogP contribution is 2.40. The Bertz CT molecular complexity index is 3080. The summed E-state index contributed by atoms with van der Waals surface area (Å²) in [7, 11) is 0. The summed E-state index contributed by atoms with van der Waals surface area (Å²) in [6, 6.07) is 35.8. The van der Waals surface area contributed by atoms with Crippen LogP contribution in [0.2, 0.25) is 0 Å². The minimum Gasteiger partial charge on any atom is -0.483 e. The van der Waals surface area contributed by atoms with E-state index >= 15 is 0 Å².